The van der Waals surface area contributed by atoms with Gasteiger partial charge in [0, 0.05) is 23.9 Å². The lowest BCUT2D eigenvalue weighted by Gasteiger charge is -2.10. The third-order valence-corrected chi connectivity index (χ3v) is 3.34. The molecule has 4 nitrogen and oxygen atoms in total. The van der Waals surface area contributed by atoms with E-state index < -0.39 is 0 Å². The molecular formula is C13H17BrN4. The summed E-state index contributed by atoms with van der Waals surface area (Å²) in [4.78, 5) is 4.52. The Kier molecular flexibility index (Phi) is 4.14. The first-order chi connectivity index (χ1) is 8.69. The Balaban J connectivity index is 2.59. The largest absolute Gasteiger partial charge is 0.326 e. The van der Waals surface area contributed by atoms with Gasteiger partial charge in [0.15, 0.2) is 5.82 Å². The summed E-state index contributed by atoms with van der Waals surface area (Å²) >= 11 is 3.49. The molecule has 18 heavy (non-hydrogen) atoms. The minimum Gasteiger partial charge on any atom is -0.326 e. The predicted octanol–water partition coefficient (Wildman–Crippen LogP) is 2.61. The van der Waals surface area contributed by atoms with Crippen LogP contribution in [0, 0.1) is 0 Å². The van der Waals surface area contributed by atoms with Gasteiger partial charge in [0.25, 0.3) is 0 Å². The van der Waals surface area contributed by atoms with Crippen LogP contribution in [0.1, 0.15) is 31.1 Å². The molecule has 0 aliphatic heterocycles. The monoisotopic (exact) mass is 308 g/mol. The Bertz CT molecular complexity index is 548. The van der Waals surface area contributed by atoms with Crippen LogP contribution in [-0.4, -0.2) is 14.8 Å². The molecule has 0 radical (unpaired) electrons. The maximum absolute atomic E-state index is 5.79. The van der Waals surface area contributed by atoms with E-state index in [1.54, 1.807) is 0 Å². The summed E-state index contributed by atoms with van der Waals surface area (Å²) < 4.78 is 2.93. The second kappa shape index (κ2) is 5.63. The molecule has 5 heteroatoms. The SMILES string of the molecule is CCc1nc(CC)n(-c2cc(Br)ccc2CN)n1. The topological polar surface area (TPSA) is 56.7 Å². The Hall–Kier alpha value is -1.20. The summed E-state index contributed by atoms with van der Waals surface area (Å²) in [5.74, 6) is 1.84. The molecule has 0 amide bonds. The predicted molar refractivity (Wildman–Crippen MR) is 75.7 cm³/mol. The number of benzene rings is 1. The van der Waals surface area contributed by atoms with Gasteiger partial charge in [0.2, 0.25) is 0 Å². The van der Waals surface area contributed by atoms with Gasteiger partial charge in [-0.25, -0.2) is 9.67 Å². The van der Waals surface area contributed by atoms with Gasteiger partial charge >= 0.3 is 0 Å². The maximum atomic E-state index is 5.79. The van der Waals surface area contributed by atoms with Gasteiger partial charge in [-0.15, -0.1) is 0 Å². The summed E-state index contributed by atoms with van der Waals surface area (Å²) in [5, 5.41) is 4.55. The van der Waals surface area contributed by atoms with E-state index >= 15 is 0 Å². The Labute approximate surface area is 115 Å². The van der Waals surface area contributed by atoms with Crippen LogP contribution in [0.15, 0.2) is 22.7 Å². The quantitative estimate of drug-likeness (QED) is 0.944. The second-order valence-corrected chi connectivity index (χ2v) is 4.96. The first kappa shape index (κ1) is 13.2. The summed E-state index contributed by atoms with van der Waals surface area (Å²) in [6.45, 7) is 4.64. The van der Waals surface area contributed by atoms with Crippen LogP contribution >= 0.6 is 15.9 Å². The molecule has 2 N–H and O–H groups in total. The van der Waals surface area contributed by atoms with Crippen LogP contribution in [0.2, 0.25) is 0 Å². The van der Waals surface area contributed by atoms with Gasteiger partial charge in [-0.2, -0.15) is 5.10 Å². The molecule has 0 fully saturated rings. The molecule has 96 valence electrons. The molecule has 0 aliphatic carbocycles. The van der Waals surface area contributed by atoms with E-state index in [9.17, 15) is 0 Å². The van der Waals surface area contributed by atoms with E-state index in [-0.39, 0.29) is 0 Å². The van der Waals surface area contributed by atoms with Crippen LogP contribution in [0.4, 0.5) is 0 Å². The molecule has 1 heterocycles. The lowest BCUT2D eigenvalue weighted by atomic mass is 10.2. The van der Waals surface area contributed by atoms with Gasteiger partial charge < -0.3 is 5.73 Å². The third kappa shape index (κ3) is 2.47. The highest BCUT2D eigenvalue weighted by atomic mass is 79.9. The number of halogens is 1. The van der Waals surface area contributed by atoms with Crippen molar-refractivity contribution in [1.29, 1.82) is 0 Å². The third-order valence-electron chi connectivity index (χ3n) is 2.85. The van der Waals surface area contributed by atoms with E-state index in [1.165, 1.54) is 0 Å². The lowest BCUT2D eigenvalue weighted by Crippen LogP contribution is -2.08. The van der Waals surface area contributed by atoms with Crippen molar-refractivity contribution in [1.82, 2.24) is 14.8 Å². The normalized spacial score (nSPS) is 10.9. The van der Waals surface area contributed by atoms with Gasteiger partial charge in [-0.05, 0) is 17.7 Å². The number of aromatic nitrogens is 3. The van der Waals surface area contributed by atoms with Crippen LogP contribution in [0.3, 0.4) is 0 Å². The lowest BCUT2D eigenvalue weighted by molar-refractivity contribution is 0.779. The Morgan fingerprint density at radius 3 is 2.67 bits per heavy atom. The number of hydrogen-bond acceptors (Lipinski definition) is 3. The van der Waals surface area contributed by atoms with E-state index in [0.29, 0.717) is 6.54 Å². The van der Waals surface area contributed by atoms with Crippen molar-refractivity contribution in [2.24, 2.45) is 5.73 Å². The summed E-state index contributed by atoms with van der Waals surface area (Å²) in [6, 6.07) is 6.05. The highest BCUT2D eigenvalue weighted by molar-refractivity contribution is 9.10. The molecule has 2 aromatic rings. The number of nitrogens with two attached hydrogens (primary N) is 1. The van der Waals surface area contributed by atoms with Crippen molar-refractivity contribution in [3.05, 3.63) is 39.9 Å². The van der Waals surface area contributed by atoms with Crippen molar-refractivity contribution in [3.8, 4) is 5.69 Å². The van der Waals surface area contributed by atoms with E-state index in [2.05, 4.69) is 39.9 Å². The standard InChI is InChI=1S/C13H17BrN4/c1-3-12-16-13(4-2)18(17-12)11-7-10(14)6-5-9(11)8-15/h5-7H,3-4,8,15H2,1-2H3. The second-order valence-electron chi connectivity index (χ2n) is 4.04. The summed E-state index contributed by atoms with van der Waals surface area (Å²) in [7, 11) is 0. The maximum Gasteiger partial charge on any atom is 0.151 e. The zero-order valence-electron chi connectivity index (χ0n) is 10.7. The van der Waals surface area contributed by atoms with Crippen LogP contribution in [0.5, 0.6) is 0 Å². The smallest absolute Gasteiger partial charge is 0.151 e. The number of nitrogens with zero attached hydrogens (tertiary/aromatic N) is 3. The van der Waals surface area contributed by atoms with Crippen LogP contribution < -0.4 is 5.73 Å². The summed E-state index contributed by atoms with van der Waals surface area (Å²) in [5.41, 5.74) is 7.87. The highest BCUT2D eigenvalue weighted by Crippen LogP contribution is 2.21. The van der Waals surface area contributed by atoms with Crippen molar-refractivity contribution in [2.75, 3.05) is 0 Å². The molecule has 0 saturated carbocycles. The molecule has 1 aromatic carbocycles. The van der Waals surface area contributed by atoms with E-state index in [1.807, 2.05) is 22.9 Å². The van der Waals surface area contributed by atoms with E-state index in [0.717, 1.165) is 40.2 Å². The zero-order chi connectivity index (χ0) is 13.1. The molecule has 0 aliphatic rings. The number of aryl methyl sites for hydroxylation is 2. The minimum absolute atomic E-state index is 0.493. The van der Waals surface area contributed by atoms with Gasteiger partial charge in [0.1, 0.15) is 5.82 Å². The molecule has 0 unspecified atom stereocenters. The first-order valence-corrected chi connectivity index (χ1v) is 6.92. The molecule has 0 atom stereocenters. The Morgan fingerprint density at radius 2 is 2.06 bits per heavy atom. The van der Waals surface area contributed by atoms with Gasteiger partial charge in [-0.3, -0.25) is 0 Å². The fraction of sp³-hybridized carbons (Fsp3) is 0.385. The molecule has 2 rings (SSSR count). The van der Waals surface area contributed by atoms with Crippen molar-refractivity contribution >= 4 is 15.9 Å². The molecule has 0 saturated heterocycles. The summed E-state index contributed by atoms with van der Waals surface area (Å²) in [6.07, 6.45) is 1.69. The van der Waals surface area contributed by atoms with Gasteiger partial charge in [0.05, 0.1) is 5.69 Å². The van der Waals surface area contributed by atoms with Crippen molar-refractivity contribution in [3.63, 3.8) is 0 Å². The van der Waals surface area contributed by atoms with Crippen LogP contribution in [-0.2, 0) is 19.4 Å². The Morgan fingerprint density at radius 1 is 1.28 bits per heavy atom. The highest BCUT2D eigenvalue weighted by Gasteiger charge is 2.12. The average Bonchev–Trinajstić information content (AvgIpc) is 2.81. The fourth-order valence-electron chi connectivity index (χ4n) is 1.87. The molecular weight excluding hydrogens is 292 g/mol. The van der Waals surface area contributed by atoms with Crippen molar-refractivity contribution in [2.45, 2.75) is 33.2 Å². The average molecular weight is 309 g/mol. The fourth-order valence-corrected chi connectivity index (χ4v) is 2.22. The van der Waals surface area contributed by atoms with Gasteiger partial charge in [-0.1, -0.05) is 35.8 Å². The number of rotatable bonds is 4. The van der Waals surface area contributed by atoms with Crippen LogP contribution in [0.25, 0.3) is 5.69 Å². The molecule has 0 spiro atoms. The molecule has 0 bridgehead atoms. The minimum atomic E-state index is 0.493. The zero-order valence-corrected chi connectivity index (χ0v) is 12.2. The molecule has 1 aromatic heterocycles. The van der Waals surface area contributed by atoms with Crippen molar-refractivity contribution < 1.29 is 0 Å². The number of hydrogen-bond donors (Lipinski definition) is 1. The first-order valence-electron chi connectivity index (χ1n) is 6.13. The van der Waals surface area contributed by atoms with E-state index in [4.69, 9.17) is 5.73 Å².